The second kappa shape index (κ2) is 9.02. The van der Waals surface area contributed by atoms with E-state index in [1.807, 2.05) is 21.4 Å². The zero-order valence-electron chi connectivity index (χ0n) is 21.7. The van der Waals surface area contributed by atoms with Gasteiger partial charge in [-0.3, -0.25) is 14.3 Å². The predicted octanol–water partition coefficient (Wildman–Crippen LogP) is 3.41. The van der Waals surface area contributed by atoms with E-state index in [1.54, 1.807) is 0 Å². The second-order valence-corrected chi connectivity index (χ2v) is 11.7. The van der Waals surface area contributed by atoms with E-state index in [-0.39, 0.29) is 30.4 Å². The molecule has 2 aliphatic heterocycles. The Morgan fingerprint density at radius 2 is 1.83 bits per heavy atom. The number of aliphatic hydroxyl groups is 1. The van der Waals surface area contributed by atoms with Crippen LogP contribution >= 0.6 is 0 Å². The summed E-state index contributed by atoms with van der Waals surface area (Å²) < 4.78 is 1.84. The monoisotopic (exact) mass is 490 g/mol. The van der Waals surface area contributed by atoms with Gasteiger partial charge >= 0.3 is 0 Å². The van der Waals surface area contributed by atoms with Crippen molar-refractivity contribution in [2.24, 2.45) is 11.8 Å². The summed E-state index contributed by atoms with van der Waals surface area (Å²) in [5, 5.41) is 14.8. The smallest absolute Gasteiger partial charge is 0.274 e. The number of fused-ring (bicyclic) bond motifs is 3. The van der Waals surface area contributed by atoms with E-state index in [0.29, 0.717) is 43.0 Å². The van der Waals surface area contributed by atoms with Crippen LogP contribution in [0.25, 0.3) is 0 Å². The van der Waals surface area contributed by atoms with Crippen LogP contribution in [0.4, 0.5) is 0 Å². The third-order valence-corrected chi connectivity index (χ3v) is 9.42. The maximum absolute atomic E-state index is 13.5. The first-order chi connectivity index (χ1) is 17.3. The average Bonchev–Trinajstić information content (AvgIpc) is 3.40. The first-order valence-corrected chi connectivity index (χ1v) is 13.7. The molecule has 192 valence electrons. The largest absolute Gasteiger partial charge is 0.393 e. The third-order valence-electron chi connectivity index (χ3n) is 9.42. The average molecular weight is 491 g/mol. The van der Waals surface area contributed by atoms with Gasteiger partial charge in [0, 0.05) is 37.4 Å². The Labute approximate surface area is 213 Å². The molecule has 2 saturated heterocycles. The molecule has 7 heteroatoms. The van der Waals surface area contributed by atoms with Crippen molar-refractivity contribution in [1.82, 2.24) is 19.6 Å². The highest BCUT2D eigenvalue weighted by Gasteiger charge is 2.50. The number of nitrogens with zero attached hydrogens (tertiary/aromatic N) is 4. The lowest BCUT2D eigenvalue weighted by Crippen LogP contribution is -2.45. The minimum absolute atomic E-state index is 0.0295. The van der Waals surface area contributed by atoms with Gasteiger partial charge in [-0.1, -0.05) is 25.1 Å². The summed E-state index contributed by atoms with van der Waals surface area (Å²) in [4.78, 5) is 30.6. The molecule has 0 radical (unpaired) electrons. The molecule has 3 heterocycles. The van der Waals surface area contributed by atoms with Crippen molar-refractivity contribution in [2.45, 2.75) is 77.4 Å². The molecule has 3 fully saturated rings. The molecule has 1 aromatic carbocycles. The highest BCUT2D eigenvalue weighted by atomic mass is 16.3. The van der Waals surface area contributed by atoms with Gasteiger partial charge in [0.2, 0.25) is 5.91 Å². The fourth-order valence-electron chi connectivity index (χ4n) is 6.83. The van der Waals surface area contributed by atoms with Crippen LogP contribution in [0.3, 0.4) is 0 Å². The van der Waals surface area contributed by atoms with Crippen LogP contribution in [0.15, 0.2) is 18.2 Å². The highest BCUT2D eigenvalue weighted by molar-refractivity contribution is 5.95. The number of amides is 2. The number of aromatic nitrogens is 2. The number of carbonyl (C=O) groups is 2. The molecule has 4 aliphatic rings. The molecule has 0 unspecified atom stereocenters. The Morgan fingerprint density at radius 1 is 1.08 bits per heavy atom. The van der Waals surface area contributed by atoms with E-state index < -0.39 is 0 Å². The summed E-state index contributed by atoms with van der Waals surface area (Å²) in [6.45, 7) is 9.24. The summed E-state index contributed by atoms with van der Waals surface area (Å²) in [7, 11) is 0. The third kappa shape index (κ3) is 4.05. The lowest BCUT2D eigenvalue weighted by molar-refractivity contribution is -0.133. The first kappa shape index (κ1) is 23.7. The molecule has 4 atom stereocenters. The maximum Gasteiger partial charge on any atom is 0.274 e. The Morgan fingerprint density at radius 3 is 2.58 bits per heavy atom. The lowest BCUT2D eigenvalue weighted by Gasteiger charge is -2.34. The quantitative estimate of drug-likeness (QED) is 0.713. The van der Waals surface area contributed by atoms with Crippen LogP contribution < -0.4 is 0 Å². The lowest BCUT2D eigenvalue weighted by atomic mass is 9.85. The number of benzene rings is 1. The molecule has 1 N–H and O–H groups in total. The van der Waals surface area contributed by atoms with E-state index in [4.69, 9.17) is 5.10 Å². The van der Waals surface area contributed by atoms with Gasteiger partial charge in [0.05, 0.1) is 6.10 Å². The first-order valence-electron chi connectivity index (χ1n) is 13.7. The predicted molar refractivity (Wildman–Crippen MR) is 137 cm³/mol. The van der Waals surface area contributed by atoms with Gasteiger partial charge in [0.25, 0.3) is 5.91 Å². The Hall–Kier alpha value is -2.67. The minimum atomic E-state index is -0.346. The number of likely N-dealkylation sites (tertiary alicyclic amines) is 2. The number of rotatable bonds is 4. The molecule has 6 rings (SSSR count). The number of hydrogen-bond acceptors (Lipinski definition) is 4. The van der Waals surface area contributed by atoms with Crippen molar-refractivity contribution in [1.29, 1.82) is 0 Å². The highest BCUT2D eigenvalue weighted by Crippen LogP contribution is 2.57. The van der Waals surface area contributed by atoms with E-state index in [2.05, 4.69) is 32.0 Å². The fourth-order valence-corrected chi connectivity index (χ4v) is 6.83. The number of hydrogen-bond donors (Lipinski definition) is 1. The fraction of sp³-hybridized carbons (Fsp3) is 0.621. The Bertz CT molecular complexity index is 1200. The summed E-state index contributed by atoms with van der Waals surface area (Å²) in [5.41, 5.74) is 6.89. The zero-order valence-corrected chi connectivity index (χ0v) is 21.7. The van der Waals surface area contributed by atoms with E-state index >= 15 is 0 Å². The Balaban J connectivity index is 1.15. The van der Waals surface area contributed by atoms with Crippen molar-refractivity contribution < 1.29 is 14.7 Å². The van der Waals surface area contributed by atoms with Crippen LogP contribution in [-0.4, -0.2) is 68.8 Å². The summed E-state index contributed by atoms with van der Waals surface area (Å²) >= 11 is 0. The molecule has 36 heavy (non-hydrogen) atoms. The van der Waals surface area contributed by atoms with Crippen LogP contribution in [0.5, 0.6) is 0 Å². The number of aryl methyl sites for hydroxylation is 1. The SMILES string of the molecule is Cc1cccc(C2CCN(C(=O)Cn3nc(C(=O)N4CC[C@H](O)[C@H](C)C4)c4c3C[C@H]3C[C@@H]43)CC2)c1C. The number of piperidine rings is 2. The van der Waals surface area contributed by atoms with Crippen molar-refractivity contribution >= 4 is 11.8 Å². The number of aliphatic hydroxyl groups excluding tert-OH is 1. The Kier molecular flexibility index (Phi) is 5.94. The minimum Gasteiger partial charge on any atom is -0.393 e. The van der Waals surface area contributed by atoms with Crippen LogP contribution in [-0.2, 0) is 17.8 Å². The van der Waals surface area contributed by atoms with Gasteiger partial charge in [-0.25, -0.2) is 0 Å². The molecule has 0 spiro atoms. The molecule has 7 nitrogen and oxygen atoms in total. The summed E-state index contributed by atoms with van der Waals surface area (Å²) in [6, 6.07) is 6.55. The molecule has 0 bridgehead atoms. The summed E-state index contributed by atoms with van der Waals surface area (Å²) in [6.07, 6.45) is 4.30. The zero-order chi connectivity index (χ0) is 25.1. The summed E-state index contributed by atoms with van der Waals surface area (Å²) in [5.74, 6) is 1.70. The molecule has 2 aliphatic carbocycles. The van der Waals surface area contributed by atoms with E-state index in [1.165, 1.54) is 16.7 Å². The molecule has 1 saturated carbocycles. The van der Waals surface area contributed by atoms with Crippen molar-refractivity contribution in [3.63, 3.8) is 0 Å². The van der Waals surface area contributed by atoms with Crippen molar-refractivity contribution in [3.05, 3.63) is 51.8 Å². The van der Waals surface area contributed by atoms with E-state index in [9.17, 15) is 14.7 Å². The van der Waals surface area contributed by atoms with Gasteiger partial charge in [0.1, 0.15) is 6.54 Å². The normalized spacial score (nSPS) is 27.7. The maximum atomic E-state index is 13.5. The van der Waals surface area contributed by atoms with Crippen LogP contribution in [0.1, 0.15) is 82.9 Å². The molecule has 2 amide bonds. The van der Waals surface area contributed by atoms with Crippen LogP contribution in [0, 0.1) is 25.7 Å². The molecule has 2 aromatic rings. The van der Waals surface area contributed by atoms with Gasteiger partial charge in [-0.2, -0.15) is 5.10 Å². The van der Waals surface area contributed by atoms with Gasteiger partial charge < -0.3 is 14.9 Å². The van der Waals surface area contributed by atoms with Gasteiger partial charge in [0.15, 0.2) is 5.69 Å². The van der Waals surface area contributed by atoms with E-state index in [0.717, 1.165) is 50.0 Å². The standard InChI is InChI=1S/C29H38N4O3/c1-17-5-4-6-22(19(17)3)20-7-10-31(11-8-20)26(35)16-33-24-14-21-13-23(21)27(24)28(30-33)29(36)32-12-9-25(34)18(2)15-32/h4-6,18,20-21,23,25,34H,7-16H2,1-3H3/t18-,21-,23-,25+/m1/s1. The van der Waals surface area contributed by atoms with Gasteiger partial charge in [-0.15, -0.1) is 0 Å². The van der Waals surface area contributed by atoms with Crippen LogP contribution in [0.2, 0.25) is 0 Å². The van der Waals surface area contributed by atoms with Gasteiger partial charge in [-0.05, 0) is 86.3 Å². The molecular formula is C29H38N4O3. The van der Waals surface area contributed by atoms with Crippen molar-refractivity contribution in [3.8, 4) is 0 Å². The topological polar surface area (TPSA) is 78.7 Å². The molecular weight excluding hydrogens is 452 g/mol. The van der Waals surface area contributed by atoms with Crippen molar-refractivity contribution in [2.75, 3.05) is 26.2 Å². The molecule has 1 aromatic heterocycles. The number of carbonyl (C=O) groups excluding carboxylic acids is 2. The second-order valence-electron chi connectivity index (χ2n) is 11.7.